The standard InChI is InChI=1S/C34H22N2S/c1-3-13-23(14-4-1)35-29-21-11-9-19-27(29)33-31(35)25-17-7-8-18-26(25)32-34(37-33)28-20-10-12-22-30(28)36(32)24-15-5-2-6-16-24/h1-22H. The van der Waals surface area contributed by atoms with Crippen molar-refractivity contribution in [3.8, 4) is 33.9 Å². The number of benzene rings is 5. The molecule has 0 saturated carbocycles. The summed E-state index contributed by atoms with van der Waals surface area (Å²) in [6.07, 6.45) is 0. The van der Waals surface area contributed by atoms with E-state index < -0.39 is 0 Å². The van der Waals surface area contributed by atoms with Crippen LogP contribution in [0.1, 0.15) is 0 Å². The summed E-state index contributed by atoms with van der Waals surface area (Å²) in [5.74, 6) is 0. The zero-order valence-electron chi connectivity index (χ0n) is 20.0. The summed E-state index contributed by atoms with van der Waals surface area (Å²) in [6.45, 7) is 0. The van der Waals surface area contributed by atoms with E-state index in [9.17, 15) is 0 Å². The van der Waals surface area contributed by atoms with Gasteiger partial charge in [0.1, 0.15) is 0 Å². The predicted molar refractivity (Wildman–Crippen MR) is 155 cm³/mol. The normalized spacial score (nSPS) is 12.2. The van der Waals surface area contributed by atoms with Crippen LogP contribution in [0.4, 0.5) is 0 Å². The predicted octanol–water partition coefficient (Wildman–Crippen LogP) is 9.37. The third kappa shape index (κ3) is 2.95. The van der Waals surface area contributed by atoms with Gasteiger partial charge in [-0.3, -0.25) is 0 Å². The Morgan fingerprint density at radius 2 is 0.757 bits per heavy atom. The third-order valence-corrected chi connectivity index (χ3v) is 8.56. The molecule has 174 valence electrons. The molecule has 0 atom stereocenters. The quantitative estimate of drug-likeness (QED) is 0.235. The van der Waals surface area contributed by atoms with Crippen LogP contribution < -0.4 is 0 Å². The SMILES string of the molecule is c1ccc(-n2c3c(c4ccccc42)Sc2c(n(-c4ccccc4)c4ccccc24)-c2ccccc2-3)cc1. The molecule has 3 heterocycles. The molecular weight excluding hydrogens is 468 g/mol. The van der Waals surface area contributed by atoms with Gasteiger partial charge in [0.05, 0.1) is 22.4 Å². The van der Waals surface area contributed by atoms with Gasteiger partial charge in [0.2, 0.25) is 0 Å². The second-order valence-corrected chi connectivity index (χ2v) is 10.4. The number of fused-ring (bicyclic) bond motifs is 9. The van der Waals surface area contributed by atoms with Gasteiger partial charge < -0.3 is 9.13 Å². The highest BCUT2D eigenvalue weighted by Gasteiger charge is 2.31. The van der Waals surface area contributed by atoms with E-state index in [4.69, 9.17) is 0 Å². The maximum Gasteiger partial charge on any atom is 0.0687 e. The molecule has 7 aromatic rings. The average molecular weight is 491 g/mol. The van der Waals surface area contributed by atoms with Gasteiger partial charge in [-0.05, 0) is 36.4 Å². The van der Waals surface area contributed by atoms with Gasteiger partial charge in [0, 0.05) is 43.1 Å². The summed E-state index contributed by atoms with van der Waals surface area (Å²) >= 11 is 1.91. The first-order chi connectivity index (χ1) is 18.4. The Hall–Kier alpha value is -4.47. The Morgan fingerprint density at radius 3 is 1.22 bits per heavy atom. The van der Waals surface area contributed by atoms with Crippen molar-refractivity contribution >= 4 is 33.6 Å². The van der Waals surface area contributed by atoms with Crippen LogP contribution >= 0.6 is 11.8 Å². The molecule has 0 spiro atoms. The van der Waals surface area contributed by atoms with Gasteiger partial charge in [0.15, 0.2) is 0 Å². The molecule has 5 aromatic carbocycles. The van der Waals surface area contributed by atoms with Gasteiger partial charge in [-0.2, -0.15) is 0 Å². The topological polar surface area (TPSA) is 9.86 Å². The number of hydrogen-bond acceptors (Lipinski definition) is 1. The van der Waals surface area contributed by atoms with Crippen molar-refractivity contribution in [2.75, 3.05) is 0 Å². The van der Waals surface area contributed by atoms with E-state index >= 15 is 0 Å². The second kappa shape index (κ2) is 8.02. The number of para-hydroxylation sites is 4. The van der Waals surface area contributed by atoms with Crippen molar-refractivity contribution in [1.29, 1.82) is 0 Å². The summed E-state index contributed by atoms with van der Waals surface area (Å²) in [4.78, 5) is 2.61. The van der Waals surface area contributed by atoms with Gasteiger partial charge in [0.25, 0.3) is 0 Å². The van der Waals surface area contributed by atoms with Crippen molar-refractivity contribution < 1.29 is 0 Å². The van der Waals surface area contributed by atoms with Crippen LogP contribution in [-0.2, 0) is 0 Å². The molecule has 0 saturated heterocycles. The number of nitrogens with zero attached hydrogens (tertiary/aromatic N) is 2. The first kappa shape index (κ1) is 20.7. The lowest BCUT2D eigenvalue weighted by Gasteiger charge is -2.16. The maximum absolute atomic E-state index is 2.44. The Morgan fingerprint density at radius 1 is 0.378 bits per heavy atom. The van der Waals surface area contributed by atoms with Crippen molar-refractivity contribution in [3.63, 3.8) is 0 Å². The molecule has 37 heavy (non-hydrogen) atoms. The zero-order valence-corrected chi connectivity index (χ0v) is 20.8. The first-order valence-electron chi connectivity index (χ1n) is 12.6. The Kier molecular flexibility index (Phi) is 4.49. The molecule has 2 nitrogen and oxygen atoms in total. The smallest absolute Gasteiger partial charge is 0.0687 e. The van der Waals surface area contributed by atoms with Crippen LogP contribution in [0.2, 0.25) is 0 Å². The molecule has 0 unspecified atom stereocenters. The van der Waals surface area contributed by atoms with E-state index in [1.54, 1.807) is 0 Å². The fourth-order valence-electron chi connectivity index (χ4n) is 5.80. The van der Waals surface area contributed by atoms with E-state index in [2.05, 4.69) is 143 Å². The summed E-state index contributed by atoms with van der Waals surface area (Å²) in [5.41, 5.74) is 9.84. The summed E-state index contributed by atoms with van der Waals surface area (Å²) in [5, 5.41) is 2.57. The molecule has 1 aliphatic rings. The molecule has 0 N–H and O–H groups in total. The van der Waals surface area contributed by atoms with Gasteiger partial charge in [-0.1, -0.05) is 109 Å². The van der Waals surface area contributed by atoms with E-state index in [-0.39, 0.29) is 0 Å². The van der Waals surface area contributed by atoms with Crippen molar-refractivity contribution in [2.45, 2.75) is 9.79 Å². The Labute approximate surface area is 219 Å². The summed E-state index contributed by atoms with van der Waals surface area (Å²) in [7, 11) is 0. The molecule has 0 amide bonds. The minimum atomic E-state index is 1.18. The largest absolute Gasteiger partial charge is 0.308 e. The molecule has 0 aliphatic carbocycles. The molecule has 0 fully saturated rings. The summed E-state index contributed by atoms with van der Waals surface area (Å²) < 4.78 is 4.88. The lowest BCUT2D eigenvalue weighted by Crippen LogP contribution is -2.00. The van der Waals surface area contributed by atoms with E-state index in [0.717, 1.165) is 0 Å². The maximum atomic E-state index is 2.44. The van der Waals surface area contributed by atoms with Crippen LogP contribution in [-0.4, -0.2) is 9.13 Å². The van der Waals surface area contributed by atoms with Gasteiger partial charge >= 0.3 is 0 Å². The first-order valence-corrected chi connectivity index (χ1v) is 13.4. The monoisotopic (exact) mass is 490 g/mol. The lowest BCUT2D eigenvalue weighted by atomic mass is 10.0. The molecule has 8 rings (SSSR count). The van der Waals surface area contributed by atoms with Crippen LogP contribution in [0.3, 0.4) is 0 Å². The minimum absolute atomic E-state index is 1.18. The minimum Gasteiger partial charge on any atom is -0.308 e. The third-order valence-electron chi connectivity index (χ3n) is 7.33. The zero-order chi connectivity index (χ0) is 24.3. The molecule has 0 radical (unpaired) electrons. The molecule has 2 aromatic heterocycles. The van der Waals surface area contributed by atoms with Crippen molar-refractivity contribution in [2.24, 2.45) is 0 Å². The number of aromatic nitrogens is 2. The second-order valence-electron chi connectivity index (χ2n) is 9.38. The highest BCUT2D eigenvalue weighted by atomic mass is 32.2. The Bertz CT molecular complexity index is 1800. The van der Waals surface area contributed by atoms with E-state index in [1.165, 1.54) is 65.5 Å². The van der Waals surface area contributed by atoms with Crippen LogP contribution in [0.15, 0.2) is 143 Å². The van der Waals surface area contributed by atoms with Gasteiger partial charge in [-0.15, -0.1) is 0 Å². The molecule has 3 heteroatoms. The number of rotatable bonds is 2. The average Bonchev–Trinajstić information content (AvgIpc) is 3.42. The van der Waals surface area contributed by atoms with Gasteiger partial charge in [-0.25, -0.2) is 0 Å². The van der Waals surface area contributed by atoms with Crippen LogP contribution in [0, 0.1) is 0 Å². The van der Waals surface area contributed by atoms with Crippen LogP contribution in [0.25, 0.3) is 55.7 Å². The summed E-state index contributed by atoms with van der Waals surface area (Å²) in [6, 6.07) is 48.0. The van der Waals surface area contributed by atoms with E-state index in [1.807, 2.05) is 11.8 Å². The molecule has 0 bridgehead atoms. The molecular formula is C34H22N2S. The lowest BCUT2D eigenvalue weighted by molar-refractivity contribution is 1.11. The van der Waals surface area contributed by atoms with Crippen molar-refractivity contribution in [3.05, 3.63) is 133 Å². The highest BCUT2D eigenvalue weighted by molar-refractivity contribution is 8.00. The van der Waals surface area contributed by atoms with Crippen LogP contribution in [0.5, 0.6) is 0 Å². The fraction of sp³-hybridized carbons (Fsp3) is 0. The fourth-order valence-corrected chi connectivity index (χ4v) is 7.17. The molecule has 1 aliphatic heterocycles. The van der Waals surface area contributed by atoms with E-state index in [0.29, 0.717) is 0 Å². The van der Waals surface area contributed by atoms with Crippen molar-refractivity contribution in [1.82, 2.24) is 9.13 Å². The number of hydrogen-bond donors (Lipinski definition) is 0. The Balaban J connectivity index is 1.56. The highest BCUT2D eigenvalue weighted by Crippen LogP contribution is 2.55.